The van der Waals surface area contributed by atoms with E-state index in [9.17, 15) is 4.79 Å². The summed E-state index contributed by atoms with van der Waals surface area (Å²) in [4.78, 5) is 14.0. The van der Waals surface area contributed by atoms with Gasteiger partial charge in [0.25, 0.3) is 0 Å². The molecule has 0 bridgehead atoms. The second-order valence-electron chi connectivity index (χ2n) is 5.06. The highest BCUT2D eigenvalue weighted by atomic mass is 16.5. The summed E-state index contributed by atoms with van der Waals surface area (Å²) < 4.78 is 5.14. The first-order chi connectivity index (χ1) is 8.78. The molecule has 1 N–H and O–H groups in total. The number of carbonyl (C=O) groups is 1. The van der Waals surface area contributed by atoms with Crippen LogP contribution in [0.25, 0.3) is 0 Å². The topological polar surface area (TPSA) is 41.6 Å². The van der Waals surface area contributed by atoms with Crippen LogP contribution in [0.2, 0.25) is 0 Å². The zero-order valence-corrected chi connectivity index (χ0v) is 10.6. The Morgan fingerprint density at radius 3 is 2.83 bits per heavy atom. The highest BCUT2D eigenvalue weighted by molar-refractivity contribution is 5.79. The summed E-state index contributed by atoms with van der Waals surface area (Å²) >= 11 is 0. The van der Waals surface area contributed by atoms with Crippen LogP contribution >= 0.6 is 0 Å². The maximum absolute atomic E-state index is 12.0. The average Bonchev–Trinajstić information content (AvgIpc) is 2.94. The lowest BCUT2D eigenvalue weighted by Gasteiger charge is -2.23. The molecule has 1 amide bonds. The minimum absolute atomic E-state index is 0.294. The molecule has 0 unspecified atom stereocenters. The van der Waals surface area contributed by atoms with Gasteiger partial charge in [0.1, 0.15) is 5.75 Å². The van der Waals surface area contributed by atoms with E-state index in [1.54, 1.807) is 7.11 Å². The van der Waals surface area contributed by atoms with E-state index < -0.39 is 0 Å². The second kappa shape index (κ2) is 4.61. The summed E-state index contributed by atoms with van der Waals surface area (Å²) in [6, 6.07) is 8.34. The van der Waals surface area contributed by atoms with Crippen molar-refractivity contribution in [2.45, 2.75) is 19.0 Å². The molecule has 2 fully saturated rings. The van der Waals surface area contributed by atoms with Gasteiger partial charge < -0.3 is 15.0 Å². The lowest BCUT2D eigenvalue weighted by molar-refractivity contribution is -0.129. The van der Waals surface area contributed by atoms with Crippen LogP contribution < -0.4 is 10.1 Å². The number of hydrogen-bond acceptors (Lipinski definition) is 3. The number of fused-ring (bicyclic) bond motifs is 1. The van der Waals surface area contributed by atoms with E-state index in [1.165, 1.54) is 0 Å². The molecule has 0 saturated carbocycles. The predicted octanol–water partition coefficient (Wildman–Crippen LogP) is 1.02. The molecule has 2 aliphatic rings. The van der Waals surface area contributed by atoms with E-state index in [1.807, 2.05) is 29.2 Å². The van der Waals surface area contributed by atoms with Gasteiger partial charge in [0.05, 0.1) is 7.11 Å². The molecule has 4 heteroatoms. The number of ether oxygens (including phenoxy) is 1. The van der Waals surface area contributed by atoms with E-state index in [2.05, 4.69) is 5.32 Å². The van der Waals surface area contributed by atoms with Gasteiger partial charge in [0.15, 0.2) is 0 Å². The maximum Gasteiger partial charge on any atom is 0.223 e. The van der Waals surface area contributed by atoms with E-state index >= 15 is 0 Å². The molecule has 1 aromatic rings. The normalized spacial score (nSPS) is 26.5. The summed E-state index contributed by atoms with van der Waals surface area (Å²) in [5.74, 6) is 1.66. The minimum atomic E-state index is 0.294. The summed E-state index contributed by atoms with van der Waals surface area (Å²) in [5, 5.41) is 3.36. The van der Waals surface area contributed by atoms with E-state index in [-0.39, 0.29) is 0 Å². The lowest BCUT2D eigenvalue weighted by Crippen LogP contribution is -2.36. The van der Waals surface area contributed by atoms with Crippen LogP contribution in [0.3, 0.4) is 0 Å². The highest BCUT2D eigenvalue weighted by Gasteiger charge is 2.42. The van der Waals surface area contributed by atoms with Crippen molar-refractivity contribution in [1.29, 1.82) is 0 Å². The van der Waals surface area contributed by atoms with Gasteiger partial charge in [0.2, 0.25) is 5.91 Å². The van der Waals surface area contributed by atoms with Crippen molar-refractivity contribution in [2.75, 3.05) is 20.2 Å². The summed E-state index contributed by atoms with van der Waals surface area (Å²) in [6.07, 6.45) is 0.702. The Bertz CT molecular complexity index is 444. The summed E-state index contributed by atoms with van der Waals surface area (Å²) in [7, 11) is 1.66. The van der Waals surface area contributed by atoms with Crippen molar-refractivity contribution in [3.63, 3.8) is 0 Å². The Morgan fingerprint density at radius 2 is 2.11 bits per heavy atom. The standard InChI is InChI=1S/C14H18N2O2/c1-18-12-4-2-10(3-5-12)9-16-13-8-15-7-11(13)6-14(16)17/h2-5,11,13,15H,6-9H2,1H3/t11-,13+/m0/s1. The summed E-state index contributed by atoms with van der Waals surface area (Å²) in [5.41, 5.74) is 1.16. The third-order valence-corrected chi connectivity index (χ3v) is 3.97. The van der Waals surface area contributed by atoms with Gasteiger partial charge in [-0.05, 0) is 17.7 Å². The first-order valence-electron chi connectivity index (χ1n) is 6.41. The van der Waals surface area contributed by atoms with Crippen molar-refractivity contribution < 1.29 is 9.53 Å². The van der Waals surface area contributed by atoms with Crippen LogP contribution in [0.15, 0.2) is 24.3 Å². The molecule has 2 saturated heterocycles. The summed E-state index contributed by atoms with van der Waals surface area (Å²) in [6.45, 7) is 2.63. The molecule has 2 heterocycles. The van der Waals surface area contributed by atoms with Crippen LogP contribution in [0.1, 0.15) is 12.0 Å². The van der Waals surface area contributed by atoms with Crippen LogP contribution in [-0.2, 0) is 11.3 Å². The molecule has 0 aliphatic carbocycles. The maximum atomic E-state index is 12.0. The van der Waals surface area contributed by atoms with Crippen molar-refractivity contribution in [1.82, 2.24) is 10.2 Å². The zero-order chi connectivity index (χ0) is 12.5. The van der Waals surface area contributed by atoms with Gasteiger partial charge in [-0.25, -0.2) is 0 Å². The van der Waals surface area contributed by atoms with Crippen LogP contribution in [0.4, 0.5) is 0 Å². The number of nitrogens with one attached hydrogen (secondary N) is 1. The molecule has 1 aromatic carbocycles. The molecule has 0 aromatic heterocycles. The number of benzene rings is 1. The van der Waals surface area contributed by atoms with Crippen molar-refractivity contribution in [2.24, 2.45) is 5.92 Å². The largest absolute Gasteiger partial charge is 0.497 e. The van der Waals surface area contributed by atoms with Crippen LogP contribution in [-0.4, -0.2) is 37.0 Å². The fourth-order valence-corrected chi connectivity index (χ4v) is 2.95. The van der Waals surface area contributed by atoms with E-state index in [4.69, 9.17) is 4.74 Å². The third-order valence-electron chi connectivity index (χ3n) is 3.97. The molecule has 18 heavy (non-hydrogen) atoms. The Kier molecular flexibility index (Phi) is 2.96. The SMILES string of the molecule is COc1ccc(CN2C(=O)C[C@H]3CNC[C@H]32)cc1. The molecular weight excluding hydrogens is 228 g/mol. The number of rotatable bonds is 3. The molecule has 0 spiro atoms. The van der Waals surface area contributed by atoms with Gasteiger partial charge in [-0.15, -0.1) is 0 Å². The molecule has 0 radical (unpaired) electrons. The smallest absolute Gasteiger partial charge is 0.223 e. The number of nitrogens with zero attached hydrogens (tertiary/aromatic N) is 1. The fraction of sp³-hybridized carbons (Fsp3) is 0.500. The molecule has 2 atom stereocenters. The van der Waals surface area contributed by atoms with Gasteiger partial charge in [0, 0.05) is 38.0 Å². The monoisotopic (exact) mass is 246 g/mol. The Hall–Kier alpha value is -1.55. The van der Waals surface area contributed by atoms with Gasteiger partial charge in [-0.1, -0.05) is 12.1 Å². The Morgan fingerprint density at radius 1 is 1.33 bits per heavy atom. The van der Waals surface area contributed by atoms with Crippen molar-refractivity contribution in [3.05, 3.63) is 29.8 Å². The molecule has 96 valence electrons. The number of amides is 1. The second-order valence-corrected chi connectivity index (χ2v) is 5.06. The number of methoxy groups -OCH3 is 1. The van der Waals surface area contributed by atoms with E-state index in [0.717, 1.165) is 24.4 Å². The van der Waals surface area contributed by atoms with E-state index in [0.29, 0.717) is 30.8 Å². The van der Waals surface area contributed by atoms with Crippen LogP contribution in [0, 0.1) is 5.92 Å². The predicted molar refractivity (Wildman–Crippen MR) is 68.3 cm³/mol. The van der Waals surface area contributed by atoms with Gasteiger partial charge in [-0.3, -0.25) is 4.79 Å². The molecule has 3 rings (SSSR count). The van der Waals surface area contributed by atoms with Gasteiger partial charge in [-0.2, -0.15) is 0 Å². The fourth-order valence-electron chi connectivity index (χ4n) is 2.95. The quantitative estimate of drug-likeness (QED) is 0.865. The minimum Gasteiger partial charge on any atom is -0.497 e. The van der Waals surface area contributed by atoms with Crippen LogP contribution in [0.5, 0.6) is 5.75 Å². The molecular formula is C14H18N2O2. The lowest BCUT2D eigenvalue weighted by atomic mass is 10.0. The van der Waals surface area contributed by atoms with Gasteiger partial charge >= 0.3 is 0 Å². The van der Waals surface area contributed by atoms with Crippen molar-refractivity contribution >= 4 is 5.91 Å². The number of hydrogen-bond donors (Lipinski definition) is 1. The number of likely N-dealkylation sites (tertiary alicyclic amines) is 1. The third kappa shape index (κ3) is 1.97. The first-order valence-corrected chi connectivity index (χ1v) is 6.41. The Labute approximate surface area is 107 Å². The van der Waals surface area contributed by atoms with Crippen molar-refractivity contribution in [3.8, 4) is 5.75 Å². The molecule has 2 aliphatic heterocycles. The first kappa shape index (κ1) is 11.5. The average molecular weight is 246 g/mol. The number of carbonyl (C=O) groups excluding carboxylic acids is 1. The highest BCUT2D eigenvalue weighted by Crippen LogP contribution is 2.29. The molecule has 4 nitrogen and oxygen atoms in total. The zero-order valence-electron chi connectivity index (χ0n) is 10.6. The Balaban J connectivity index is 1.73.